The molecule has 3 rings (SSSR count). The number of benzene rings is 1. The Hall–Kier alpha value is -0.930. The Morgan fingerprint density at radius 2 is 1.83 bits per heavy atom. The first-order valence-corrected chi connectivity index (χ1v) is 10.6. The van der Waals surface area contributed by atoms with Crippen LogP contribution in [-0.4, -0.2) is 49.7 Å². The molecule has 0 radical (unpaired) electrons. The Morgan fingerprint density at radius 1 is 1.12 bits per heavy atom. The normalized spacial score (nSPS) is 16.3. The molecular formula is C15H14BrClN2O3S2. The molecule has 1 aliphatic heterocycles. The third-order valence-electron chi connectivity index (χ3n) is 3.74. The molecule has 9 heteroatoms. The molecule has 0 aliphatic carbocycles. The first-order chi connectivity index (χ1) is 11.4. The highest BCUT2D eigenvalue weighted by atomic mass is 79.9. The molecular weight excluding hydrogens is 436 g/mol. The van der Waals surface area contributed by atoms with Gasteiger partial charge in [-0.25, -0.2) is 8.42 Å². The second-order valence-electron chi connectivity index (χ2n) is 5.26. The van der Waals surface area contributed by atoms with Gasteiger partial charge >= 0.3 is 0 Å². The van der Waals surface area contributed by atoms with Gasteiger partial charge in [0.1, 0.15) is 0 Å². The maximum atomic E-state index is 12.7. The second kappa shape index (κ2) is 7.13. The maximum absolute atomic E-state index is 12.7. The predicted octanol–water partition coefficient (Wildman–Crippen LogP) is 3.31. The van der Waals surface area contributed by atoms with Gasteiger partial charge in [0, 0.05) is 30.7 Å². The van der Waals surface area contributed by atoms with Crippen LogP contribution in [0, 0.1) is 0 Å². The van der Waals surface area contributed by atoms with Crippen LogP contribution in [0.3, 0.4) is 0 Å². The summed E-state index contributed by atoms with van der Waals surface area (Å²) in [6.07, 6.45) is 0. The summed E-state index contributed by atoms with van der Waals surface area (Å²) in [7, 11) is -3.55. The molecule has 1 aromatic heterocycles. The number of nitrogens with zero attached hydrogens (tertiary/aromatic N) is 2. The first kappa shape index (κ1) is 17.9. The molecule has 24 heavy (non-hydrogen) atoms. The van der Waals surface area contributed by atoms with Crippen molar-refractivity contribution in [2.45, 2.75) is 4.90 Å². The van der Waals surface area contributed by atoms with E-state index < -0.39 is 10.0 Å². The zero-order valence-electron chi connectivity index (χ0n) is 12.5. The van der Waals surface area contributed by atoms with Crippen molar-refractivity contribution >= 4 is 54.8 Å². The van der Waals surface area contributed by atoms with E-state index >= 15 is 0 Å². The Morgan fingerprint density at radius 3 is 2.42 bits per heavy atom. The molecule has 0 saturated carbocycles. The van der Waals surface area contributed by atoms with Crippen LogP contribution >= 0.6 is 38.9 Å². The van der Waals surface area contributed by atoms with Crippen molar-refractivity contribution in [2.75, 3.05) is 26.2 Å². The van der Waals surface area contributed by atoms with Gasteiger partial charge in [-0.15, -0.1) is 11.3 Å². The van der Waals surface area contributed by atoms with Crippen molar-refractivity contribution in [1.29, 1.82) is 0 Å². The van der Waals surface area contributed by atoms with Crippen LogP contribution in [0.4, 0.5) is 0 Å². The average Bonchev–Trinajstić information content (AvgIpc) is 3.01. The molecule has 0 unspecified atom stereocenters. The van der Waals surface area contributed by atoms with E-state index in [1.165, 1.54) is 15.6 Å². The van der Waals surface area contributed by atoms with Crippen LogP contribution in [0.15, 0.2) is 45.8 Å². The molecule has 1 aromatic carbocycles. The fraction of sp³-hybridized carbons (Fsp3) is 0.267. The molecule has 0 atom stereocenters. The van der Waals surface area contributed by atoms with Gasteiger partial charge in [0.2, 0.25) is 10.0 Å². The van der Waals surface area contributed by atoms with Gasteiger partial charge in [-0.05, 0) is 30.3 Å². The molecule has 5 nitrogen and oxygen atoms in total. The Labute approximate surface area is 158 Å². The lowest BCUT2D eigenvalue weighted by Crippen LogP contribution is -2.50. The molecule has 1 amide bonds. The largest absolute Gasteiger partial charge is 0.335 e. The number of piperazine rings is 1. The van der Waals surface area contributed by atoms with E-state index in [1.807, 2.05) is 0 Å². The van der Waals surface area contributed by atoms with E-state index in [4.69, 9.17) is 11.6 Å². The van der Waals surface area contributed by atoms with E-state index in [0.717, 1.165) is 0 Å². The number of thiophene rings is 1. The Kier molecular flexibility index (Phi) is 5.31. The topological polar surface area (TPSA) is 57.7 Å². The number of carbonyl (C=O) groups is 1. The SMILES string of the molecule is O=C(c1ccc(Cl)s1)N1CCN(S(=O)(=O)c2cccc(Br)c2)CC1. The van der Waals surface area contributed by atoms with Crippen LogP contribution in [0.1, 0.15) is 9.67 Å². The molecule has 0 N–H and O–H groups in total. The van der Waals surface area contributed by atoms with Crippen LogP contribution < -0.4 is 0 Å². The summed E-state index contributed by atoms with van der Waals surface area (Å²) in [5.41, 5.74) is 0. The highest BCUT2D eigenvalue weighted by Gasteiger charge is 2.30. The molecule has 0 bridgehead atoms. The number of halogens is 2. The van der Waals surface area contributed by atoms with E-state index in [0.29, 0.717) is 26.8 Å². The van der Waals surface area contributed by atoms with Gasteiger partial charge in [-0.2, -0.15) is 4.31 Å². The van der Waals surface area contributed by atoms with Gasteiger partial charge in [-0.3, -0.25) is 4.79 Å². The molecule has 1 aliphatic rings. The van der Waals surface area contributed by atoms with Gasteiger partial charge in [0.25, 0.3) is 5.91 Å². The maximum Gasteiger partial charge on any atom is 0.264 e. The zero-order chi connectivity index (χ0) is 17.3. The van der Waals surface area contributed by atoms with Gasteiger partial charge < -0.3 is 4.90 Å². The highest BCUT2D eigenvalue weighted by Crippen LogP contribution is 2.25. The van der Waals surface area contributed by atoms with Crippen LogP contribution in [0.25, 0.3) is 0 Å². The lowest BCUT2D eigenvalue weighted by Gasteiger charge is -2.33. The summed E-state index contributed by atoms with van der Waals surface area (Å²) in [6.45, 7) is 1.28. The van der Waals surface area contributed by atoms with Crippen molar-refractivity contribution < 1.29 is 13.2 Å². The first-order valence-electron chi connectivity index (χ1n) is 7.18. The molecule has 2 aromatic rings. The van der Waals surface area contributed by atoms with Crippen molar-refractivity contribution in [3.63, 3.8) is 0 Å². The quantitative estimate of drug-likeness (QED) is 0.722. The average molecular weight is 450 g/mol. The molecule has 2 heterocycles. The standard InChI is InChI=1S/C15H14BrClN2O3S2/c16-11-2-1-3-12(10-11)24(21,22)19-8-6-18(7-9-19)15(20)13-4-5-14(17)23-13/h1-5,10H,6-9H2. The molecule has 0 spiro atoms. The summed E-state index contributed by atoms with van der Waals surface area (Å²) >= 11 is 10.4. The fourth-order valence-electron chi connectivity index (χ4n) is 2.49. The summed E-state index contributed by atoms with van der Waals surface area (Å²) < 4.78 is 28.0. The zero-order valence-corrected chi connectivity index (χ0v) is 16.5. The minimum atomic E-state index is -3.55. The summed E-state index contributed by atoms with van der Waals surface area (Å²) in [5, 5.41) is 0. The Balaban J connectivity index is 1.69. The Bertz CT molecular complexity index is 861. The third-order valence-corrected chi connectivity index (χ3v) is 7.35. The smallest absolute Gasteiger partial charge is 0.264 e. The van der Waals surface area contributed by atoms with Crippen molar-refractivity contribution in [2.24, 2.45) is 0 Å². The minimum absolute atomic E-state index is 0.105. The highest BCUT2D eigenvalue weighted by molar-refractivity contribution is 9.10. The van der Waals surface area contributed by atoms with Crippen LogP contribution in [0.2, 0.25) is 4.34 Å². The van der Waals surface area contributed by atoms with Crippen LogP contribution in [-0.2, 0) is 10.0 Å². The van der Waals surface area contributed by atoms with Gasteiger partial charge in [0.15, 0.2) is 0 Å². The number of amides is 1. The number of hydrogen-bond acceptors (Lipinski definition) is 4. The van der Waals surface area contributed by atoms with Gasteiger partial charge in [-0.1, -0.05) is 33.6 Å². The van der Waals surface area contributed by atoms with Crippen molar-refractivity contribution in [3.05, 3.63) is 50.1 Å². The van der Waals surface area contributed by atoms with E-state index in [9.17, 15) is 13.2 Å². The molecule has 1 fully saturated rings. The van der Waals surface area contributed by atoms with Gasteiger partial charge in [0.05, 0.1) is 14.1 Å². The number of hydrogen-bond donors (Lipinski definition) is 0. The fourth-order valence-corrected chi connectivity index (χ4v) is 5.52. The monoisotopic (exact) mass is 448 g/mol. The predicted molar refractivity (Wildman–Crippen MR) is 98.1 cm³/mol. The lowest BCUT2D eigenvalue weighted by atomic mass is 10.3. The number of carbonyl (C=O) groups excluding carboxylic acids is 1. The van der Waals surface area contributed by atoms with E-state index in [2.05, 4.69) is 15.9 Å². The van der Waals surface area contributed by atoms with Crippen molar-refractivity contribution in [3.8, 4) is 0 Å². The van der Waals surface area contributed by atoms with Crippen LogP contribution in [0.5, 0.6) is 0 Å². The van der Waals surface area contributed by atoms with E-state index in [-0.39, 0.29) is 23.9 Å². The van der Waals surface area contributed by atoms with Crippen molar-refractivity contribution in [1.82, 2.24) is 9.21 Å². The molecule has 128 valence electrons. The minimum Gasteiger partial charge on any atom is -0.335 e. The van der Waals surface area contributed by atoms with E-state index in [1.54, 1.807) is 41.3 Å². The number of rotatable bonds is 3. The second-order valence-corrected chi connectivity index (χ2v) is 9.83. The summed E-state index contributed by atoms with van der Waals surface area (Å²) in [5.74, 6) is -0.105. The summed E-state index contributed by atoms with van der Waals surface area (Å²) in [6, 6.07) is 10.0. The number of sulfonamides is 1. The summed E-state index contributed by atoms with van der Waals surface area (Å²) in [4.78, 5) is 14.9. The third kappa shape index (κ3) is 3.67. The lowest BCUT2D eigenvalue weighted by molar-refractivity contribution is 0.0703. The molecule has 1 saturated heterocycles.